The zero-order valence-corrected chi connectivity index (χ0v) is 31.0. The molecule has 0 amide bonds. The molecule has 0 spiro atoms. The van der Waals surface area contributed by atoms with E-state index in [1.165, 1.54) is 12.1 Å². The van der Waals surface area contributed by atoms with Crippen LogP contribution in [0.25, 0.3) is 11.1 Å². The molecule has 4 aromatic rings. The second kappa shape index (κ2) is 17.7. The third kappa shape index (κ3) is 9.86. The lowest BCUT2D eigenvalue weighted by Crippen LogP contribution is -2.44. The maximum atomic E-state index is 14.0. The number of likely N-dealkylation sites (tertiary alicyclic amines) is 2. The monoisotopic (exact) mass is 748 g/mol. The van der Waals surface area contributed by atoms with Gasteiger partial charge in [-0.2, -0.15) is 0 Å². The molecule has 53 heavy (non-hydrogen) atoms. The van der Waals surface area contributed by atoms with E-state index in [1.807, 2.05) is 29.2 Å². The maximum absolute atomic E-state index is 14.0. The summed E-state index contributed by atoms with van der Waals surface area (Å²) in [5, 5.41) is 20.0. The summed E-state index contributed by atoms with van der Waals surface area (Å²) in [6.07, 6.45) is 3.74. The van der Waals surface area contributed by atoms with Gasteiger partial charge in [0.1, 0.15) is 48.1 Å². The number of carboxylic acids is 1. The number of halogens is 3. The van der Waals surface area contributed by atoms with Gasteiger partial charge in [-0.05, 0) is 104 Å². The van der Waals surface area contributed by atoms with Crippen LogP contribution in [0.4, 0.5) is 8.78 Å². The molecular formula is C42H47ClF2N2O6. The first-order valence-electron chi connectivity index (χ1n) is 18.3. The van der Waals surface area contributed by atoms with Gasteiger partial charge in [0.15, 0.2) is 0 Å². The number of piperidine rings is 1. The topological polar surface area (TPSA) is 91.7 Å². The molecule has 0 saturated carbocycles. The van der Waals surface area contributed by atoms with Crippen molar-refractivity contribution < 1.29 is 38.0 Å². The first-order valence-corrected chi connectivity index (χ1v) is 18.6. The van der Waals surface area contributed by atoms with Gasteiger partial charge in [-0.25, -0.2) is 8.78 Å². The van der Waals surface area contributed by atoms with E-state index in [9.17, 15) is 23.8 Å². The molecule has 2 aliphatic heterocycles. The Labute approximate surface area is 314 Å². The molecule has 2 N–H and O–H groups in total. The summed E-state index contributed by atoms with van der Waals surface area (Å²) in [5.74, 6) is -0.698. The first kappa shape index (κ1) is 38.5. The van der Waals surface area contributed by atoms with Crippen molar-refractivity contribution >= 4 is 17.6 Å². The number of carboxylic acid groups (broad SMARTS) is 1. The quantitative estimate of drug-likeness (QED) is 0.117. The van der Waals surface area contributed by atoms with E-state index < -0.39 is 23.6 Å². The van der Waals surface area contributed by atoms with Gasteiger partial charge in [0, 0.05) is 43.9 Å². The second-order valence-corrected chi connectivity index (χ2v) is 14.4. The largest absolute Gasteiger partial charge is 0.493 e. The predicted octanol–water partition coefficient (Wildman–Crippen LogP) is 8.33. The van der Waals surface area contributed by atoms with Crippen molar-refractivity contribution in [3.8, 4) is 28.4 Å². The minimum Gasteiger partial charge on any atom is -0.493 e. The first-order chi connectivity index (χ1) is 25.5. The van der Waals surface area contributed by atoms with Gasteiger partial charge in [-0.1, -0.05) is 48.4 Å². The highest BCUT2D eigenvalue weighted by molar-refractivity contribution is 6.32. The number of carbonyl (C=O) groups is 1. The Morgan fingerprint density at radius 1 is 0.830 bits per heavy atom. The second-order valence-electron chi connectivity index (χ2n) is 14.0. The molecule has 0 radical (unpaired) electrons. The van der Waals surface area contributed by atoms with Crippen LogP contribution in [-0.2, 0) is 24.6 Å². The van der Waals surface area contributed by atoms with E-state index >= 15 is 0 Å². The number of aliphatic carboxylic acids is 1. The Morgan fingerprint density at radius 3 is 2.30 bits per heavy atom. The summed E-state index contributed by atoms with van der Waals surface area (Å²) in [6, 6.07) is 18.1. The van der Waals surface area contributed by atoms with Gasteiger partial charge in [0.05, 0.1) is 17.7 Å². The molecule has 2 atom stereocenters. The fraction of sp³-hybridized carbons (Fsp3) is 0.405. The fourth-order valence-corrected chi connectivity index (χ4v) is 7.55. The molecule has 4 aromatic carbocycles. The van der Waals surface area contributed by atoms with Crippen LogP contribution < -0.4 is 14.2 Å². The van der Waals surface area contributed by atoms with E-state index in [4.69, 9.17) is 25.8 Å². The summed E-state index contributed by atoms with van der Waals surface area (Å²) in [4.78, 5) is 16.2. The molecule has 0 bridgehead atoms. The van der Waals surface area contributed by atoms with Crippen LogP contribution >= 0.6 is 11.6 Å². The molecule has 0 aromatic heterocycles. The standard InChI is InChI=1S/C42H47ClF2N2O6/c1-27-30(8-5-9-35(27)36-10-6-12-39(28(36)2)51-17-7-14-46-16-13-34(48)24-46)26-53-41-22-40(52-25-29-18-32(44)21-33(45)19-29)31(20-37(41)43)23-47-15-4-3-11-38(47)42(49)50/h5-6,8-10,12,18-22,34,38,48H,3-4,7,11,13-17,23-26H2,1-2H3,(H,49,50)/t34-,38+/m1/s1. The third-order valence-electron chi connectivity index (χ3n) is 10.2. The number of hydrogen-bond acceptors (Lipinski definition) is 7. The number of nitrogens with zero attached hydrogens (tertiary/aromatic N) is 2. The number of aliphatic hydroxyl groups excluding tert-OH is 1. The fourth-order valence-electron chi connectivity index (χ4n) is 7.31. The average molecular weight is 749 g/mol. The summed E-state index contributed by atoms with van der Waals surface area (Å²) < 4.78 is 46.6. The van der Waals surface area contributed by atoms with Crippen molar-refractivity contribution in [1.82, 2.24) is 9.80 Å². The van der Waals surface area contributed by atoms with Crippen LogP contribution in [0, 0.1) is 25.5 Å². The van der Waals surface area contributed by atoms with Crippen LogP contribution in [0.5, 0.6) is 17.2 Å². The molecule has 282 valence electrons. The van der Waals surface area contributed by atoms with Crippen LogP contribution in [0.2, 0.25) is 5.02 Å². The van der Waals surface area contributed by atoms with Gasteiger partial charge < -0.3 is 29.3 Å². The summed E-state index contributed by atoms with van der Waals surface area (Å²) in [6.45, 7) is 8.23. The van der Waals surface area contributed by atoms with E-state index in [1.54, 1.807) is 12.1 Å². The molecular weight excluding hydrogens is 702 g/mol. The van der Waals surface area contributed by atoms with Crippen LogP contribution in [0.1, 0.15) is 59.9 Å². The Hall–Kier alpha value is -4.22. The normalized spacial score (nSPS) is 17.9. The van der Waals surface area contributed by atoms with Crippen molar-refractivity contribution in [2.45, 2.75) is 77.9 Å². The minimum atomic E-state index is -0.879. The lowest BCUT2D eigenvalue weighted by Gasteiger charge is -2.33. The van der Waals surface area contributed by atoms with Crippen molar-refractivity contribution in [3.63, 3.8) is 0 Å². The number of hydrogen-bond donors (Lipinski definition) is 2. The molecule has 6 rings (SSSR count). The van der Waals surface area contributed by atoms with Crippen molar-refractivity contribution in [1.29, 1.82) is 0 Å². The zero-order chi connectivity index (χ0) is 37.5. The Kier molecular flexibility index (Phi) is 12.9. The molecule has 0 aliphatic carbocycles. The number of benzene rings is 4. The highest BCUT2D eigenvalue weighted by atomic mass is 35.5. The summed E-state index contributed by atoms with van der Waals surface area (Å²) in [7, 11) is 0. The number of rotatable bonds is 15. The maximum Gasteiger partial charge on any atom is 0.320 e. The van der Waals surface area contributed by atoms with Gasteiger partial charge in [0.2, 0.25) is 0 Å². The molecule has 11 heteroatoms. The Bertz CT molecular complexity index is 1890. The average Bonchev–Trinajstić information content (AvgIpc) is 3.55. The van der Waals surface area contributed by atoms with E-state index in [2.05, 4.69) is 30.9 Å². The highest BCUT2D eigenvalue weighted by Crippen LogP contribution is 2.37. The van der Waals surface area contributed by atoms with Gasteiger partial charge in [-0.15, -0.1) is 0 Å². The lowest BCUT2D eigenvalue weighted by atomic mass is 9.93. The van der Waals surface area contributed by atoms with Gasteiger partial charge in [0.25, 0.3) is 0 Å². The van der Waals surface area contributed by atoms with E-state index in [-0.39, 0.29) is 25.9 Å². The van der Waals surface area contributed by atoms with Crippen molar-refractivity contribution in [2.24, 2.45) is 0 Å². The highest BCUT2D eigenvalue weighted by Gasteiger charge is 2.29. The SMILES string of the molecule is Cc1c(COc2cc(OCc3cc(F)cc(F)c3)c(CN3CCCC[C@H]3C(=O)O)cc2Cl)cccc1-c1cccc(OCCCN2CC[C@@H](O)C2)c1C. The Balaban J connectivity index is 1.18. The van der Waals surface area contributed by atoms with Crippen LogP contribution in [-0.4, -0.2) is 70.9 Å². The molecule has 2 heterocycles. The van der Waals surface area contributed by atoms with Crippen LogP contribution in [0.3, 0.4) is 0 Å². The van der Waals surface area contributed by atoms with E-state index in [0.29, 0.717) is 47.2 Å². The zero-order valence-electron chi connectivity index (χ0n) is 30.3. The number of β-amino-alcohol motifs (C(OH)–C–C–N with tert-alkyl or cyclic N) is 1. The summed E-state index contributed by atoms with van der Waals surface area (Å²) in [5.41, 5.74) is 6.13. The van der Waals surface area contributed by atoms with Gasteiger partial charge >= 0.3 is 5.97 Å². The van der Waals surface area contributed by atoms with Crippen LogP contribution in [0.15, 0.2) is 66.7 Å². The lowest BCUT2D eigenvalue weighted by molar-refractivity contribution is -0.144. The predicted molar refractivity (Wildman–Crippen MR) is 201 cm³/mol. The number of aliphatic hydroxyl groups is 1. The molecule has 0 unspecified atom stereocenters. The molecule has 8 nitrogen and oxygen atoms in total. The Morgan fingerprint density at radius 2 is 1.57 bits per heavy atom. The van der Waals surface area contributed by atoms with Crippen molar-refractivity contribution in [2.75, 3.05) is 32.8 Å². The third-order valence-corrected chi connectivity index (χ3v) is 10.5. The van der Waals surface area contributed by atoms with Gasteiger partial charge in [-0.3, -0.25) is 9.69 Å². The smallest absolute Gasteiger partial charge is 0.320 e. The van der Waals surface area contributed by atoms with Crippen molar-refractivity contribution in [3.05, 3.63) is 111 Å². The molecule has 2 saturated heterocycles. The van der Waals surface area contributed by atoms with E-state index in [0.717, 1.165) is 85.0 Å². The molecule has 2 aliphatic rings. The summed E-state index contributed by atoms with van der Waals surface area (Å²) >= 11 is 6.80. The minimum absolute atomic E-state index is 0.114. The molecule has 2 fully saturated rings. The number of ether oxygens (including phenoxy) is 3.